The van der Waals surface area contributed by atoms with Gasteiger partial charge in [-0.15, -0.1) is 6.58 Å². The number of rotatable bonds is 11. The van der Waals surface area contributed by atoms with E-state index in [1.807, 2.05) is 12.3 Å². The molecule has 0 amide bonds. The normalized spacial score (nSPS) is 12.5. The van der Waals surface area contributed by atoms with Gasteiger partial charge in [-0.05, 0) is 32.1 Å². The number of aromatic nitrogens is 2. The van der Waals surface area contributed by atoms with Gasteiger partial charge in [0.05, 0.1) is 0 Å². The van der Waals surface area contributed by atoms with Gasteiger partial charge in [0.1, 0.15) is 18.4 Å². The minimum Gasteiger partial charge on any atom is -0.250 e. The smallest absolute Gasteiger partial charge is 0.241 e. The number of nitrogens with zero attached hydrogens (tertiary/aromatic N) is 1. The second-order valence-electron chi connectivity index (χ2n) is 5.14. The first-order valence-electron chi connectivity index (χ1n) is 7.53. The molecule has 0 spiro atoms. The van der Waals surface area contributed by atoms with Gasteiger partial charge < -0.3 is 0 Å². The van der Waals surface area contributed by atoms with Crippen molar-refractivity contribution in [3.63, 3.8) is 0 Å². The number of imidazole rings is 1. The quantitative estimate of drug-likeness (QED) is 0.337. The summed E-state index contributed by atoms with van der Waals surface area (Å²) >= 11 is 0. The number of hydrogen-bond acceptors (Lipinski definition) is 0. The minimum atomic E-state index is 0.665. The second-order valence-corrected chi connectivity index (χ2v) is 5.14. The van der Waals surface area contributed by atoms with Gasteiger partial charge in [0.15, 0.2) is 0 Å². The zero-order valence-electron chi connectivity index (χ0n) is 11.9. The Morgan fingerprint density at radius 3 is 2.61 bits per heavy atom. The van der Waals surface area contributed by atoms with Crippen molar-refractivity contribution in [2.75, 3.05) is 0 Å². The van der Waals surface area contributed by atoms with Crippen LogP contribution in [0.3, 0.4) is 0 Å². The molecule has 1 heterocycles. The fraction of sp³-hybridized carbons (Fsp3) is 0.688. The van der Waals surface area contributed by atoms with Crippen LogP contribution < -0.4 is 4.57 Å². The average Bonchev–Trinajstić information content (AvgIpc) is 2.90. The number of hydrogen-bond donors (Lipinski definition) is 1. The molecule has 1 rings (SSSR count). The molecule has 0 aromatic carbocycles. The Morgan fingerprint density at radius 1 is 1.17 bits per heavy atom. The molecule has 2 nitrogen and oxygen atoms in total. The molecule has 0 aliphatic rings. The predicted molar refractivity (Wildman–Crippen MR) is 77.4 cm³/mol. The number of allylic oxidation sites excluding steroid dienone is 1. The zero-order valence-corrected chi connectivity index (χ0v) is 11.9. The van der Waals surface area contributed by atoms with Crippen LogP contribution in [0.4, 0.5) is 0 Å². The molecule has 0 saturated carbocycles. The summed E-state index contributed by atoms with van der Waals surface area (Å²) in [5.41, 5.74) is 0. The molecule has 0 aliphatic carbocycles. The van der Waals surface area contributed by atoms with Gasteiger partial charge in [-0.25, -0.2) is 4.57 Å². The van der Waals surface area contributed by atoms with Crippen LogP contribution in [0.2, 0.25) is 0 Å². The zero-order chi connectivity index (χ0) is 13.1. The van der Waals surface area contributed by atoms with Gasteiger partial charge in [-0.3, -0.25) is 4.98 Å². The van der Waals surface area contributed by atoms with E-state index in [2.05, 4.69) is 35.6 Å². The van der Waals surface area contributed by atoms with Crippen LogP contribution in [-0.2, 0) is 0 Å². The summed E-state index contributed by atoms with van der Waals surface area (Å²) in [5.74, 6) is 0. The summed E-state index contributed by atoms with van der Waals surface area (Å²) in [6, 6.07) is 0.665. The number of unbranched alkanes of at least 4 members (excludes halogenated alkanes) is 5. The van der Waals surface area contributed by atoms with Crippen molar-refractivity contribution in [3.05, 3.63) is 31.4 Å². The molecule has 2 heteroatoms. The van der Waals surface area contributed by atoms with Crippen molar-refractivity contribution in [2.45, 2.75) is 70.8 Å². The SMILES string of the molecule is C=CCCCC(CCCCCCC)[n+]1cc[nH]c1. The maximum atomic E-state index is 3.80. The fourth-order valence-electron chi connectivity index (χ4n) is 2.45. The van der Waals surface area contributed by atoms with E-state index in [-0.39, 0.29) is 0 Å². The van der Waals surface area contributed by atoms with Crippen LogP contribution in [0.15, 0.2) is 31.4 Å². The third-order valence-corrected chi connectivity index (χ3v) is 3.57. The van der Waals surface area contributed by atoms with E-state index in [4.69, 9.17) is 0 Å². The summed E-state index contributed by atoms with van der Waals surface area (Å²) in [6.07, 6.45) is 20.1. The molecule has 1 atom stereocenters. The Kier molecular flexibility index (Phi) is 8.28. The van der Waals surface area contributed by atoms with Crippen LogP contribution in [0.25, 0.3) is 0 Å². The Labute approximate surface area is 112 Å². The van der Waals surface area contributed by atoms with Crippen LogP contribution in [-0.4, -0.2) is 4.98 Å². The van der Waals surface area contributed by atoms with Gasteiger partial charge in [0.2, 0.25) is 6.33 Å². The molecule has 0 radical (unpaired) electrons. The summed E-state index contributed by atoms with van der Waals surface area (Å²) in [5, 5.41) is 0. The van der Waals surface area contributed by atoms with E-state index in [0.29, 0.717) is 6.04 Å². The van der Waals surface area contributed by atoms with Crippen LogP contribution in [0.1, 0.15) is 70.8 Å². The van der Waals surface area contributed by atoms with E-state index in [0.717, 1.165) is 6.42 Å². The van der Waals surface area contributed by atoms with Crippen LogP contribution in [0.5, 0.6) is 0 Å². The third kappa shape index (κ3) is 6.04. The van der Waals surface area contributed by atoms with Gasteiger partial charge in [-0.1, -0.05) is 38.7 Å². The Bertz CT molecular complexity index is 290. The van der Waals surface area contributed by atoms with E-state index in [9.17, 15) is 0 Å². The lowest BCUT2D eigenvalue weighted by Crippen LogP contribution is -2.37. The lowest BCUT2D eigenvalue weighted by molar-refractivity contribution is -0.723. The van der Waals surface area contributed by atoms with E-state index < -0.39 is 0 Å². The van der Waals surface area contributed by atoms with Gasteiger partial charge in [0.25, 0.3) is 0 Å². The Hall–Kier alpha value is -1.05. The molecule has 0 bridgehead atoms. The largest absolute Gasteiger partial charge is 0.250 e. The lowest BCUT2D eigenvalue weighted by atomic mass is 10.0. The van der Waals surface area contributed by atoms with Crippen LogP contribution in [0, 0.1) is 0 Å². The highest BCUT2D eigenvalue weighted by Gasteiger charge is 2.14. The summed E-state index contributed by atoms with van der Waals surface area (Å²) < 4.78 is 2.34. The first-order valence-corrected chi connectivity index (χ1v) is 7.53. The monoisotopic (exact) mass is 249 g/mol. The molecule has 1 N–H and O–H groups in total. The highest BCUT2D eigenvalue weighted by molar-refractivity contribution is 4.67. The Morgan fingerprint density at radius 2 is 1.94 bits per heavy atom. The molecule has 1 unspecified atom stereocenters. The molecular formula is C16H29N2+. The maximum absolute atomic E-state index is 3.80. The molecule has 0 aliphatic heterocycles. The van der Waals surface area contributed by atoms with Crippen molar-refractivity contribution >= 4 is 0 Å². The third-order valence-electron chi connectivity index (χ3n) is 3.57. The minimum absolute atomic E-state index is 0.665. The molecular weight excluding hydrogens is 220 g/mol. The highest BCUT2D eigenvalue weighted by atomic mass is 15.0. The van der Waals surface area contributed by atoms with E-state index >= 15 is 0 Å². The van der Waals surface area contributed by atoms with Gasteiger partial charge in [0, 0.05) is 0 Å². The first-order chi connectivity index (χ1) is 8.88. The standard InChI is InChI=1S/C16H28N2/c1-3-5-7-8-10-12-16(11-9-6-4-2)18-14-13-17-15-18/h4,13-16H,2-3,5-12H2,1H3/p+1. The number of nitrogens with one attached hydrogen (secondary N) is 1. The fourth-order valence-corrected chi connectivity index (χ4v) is 2.45. The molecule has 0 fully saturated rings. The van der Waals surface area contributed by atoms with Crippen molar-refractivity contribution in [3.8, 4) is 0 Å². The second kappa shape index (κ2) is 9.93. The molecule has 1 aromatic heterocycles. The summed E-state index contributed by atoms with van der Waals surface area (Å²) in [6.45, 7) is 6.07. The molecule has 1 aromatic rings. The number of aromatic amines is 1. The topological polar surface area (TPSA) is 19.7 Å². The molecule has 0 saturated heterocycles. The Balaban J connectivity index is 2.28. The number of H-pyrrole nitrogens is 1. The van der Waals surface area contributed by atoms with E-state index in [1.54, 1.807) is 0 Å². The van der Waals surface area contributed by atoms with Crippen LogP contribution >= 0.6 is 0 Å². The van der Waals surface area contributed by atoms with Crippen molar-refractivity contribution in [1.29, 1.82) is 0 Å². The first kappa shape index (κ1) is 15.0. The van der Waals surface area contributed by atoms with Crippen molar-refractivity contribution in [1.82, 2.24) is 4.98 Å². The highest BCUT2D eigenvalue weighted by Crippen LogP contribution is 2.17. The van der Waals surface area contributed by atoms with Gasteiger partial charge in [-0.2, -0.15) is 0 Å². The van der Waals surface area contributed by atoms with Gasteiger partial charge >= 0.3 is 0 Å². The van der Waals surface area contributed by atoms with E-state index in [1.165, 1.54) is 51.4 Å². The summed E-state index contributed by atoms with van der Waals surface area (Å²) in [7, 11) is 0. The van der Waals surface area contributed by atoms with Crippen molar-refractivity contribution < 1.29 is 4.57 Å². The molecule has 18 heavy (non-hydrogen) atoms. The van der Waals surface area contributed by atoms with Crippen molar-refractivity contribution in [2.24, 2.45) is 0 Å². The maximum Gasteiger partial charge on any atom is 0.241 e. The summed E-state index contributed by atoms with van der Waals surface area (Å²) in [4.78, 5) is 3.15. The average molecular weight is 249 g/mol. The lowest BCUT2D eigenvalue weighted by Gasteiger charge is -2.13. The molecule has 102 valence electrons. The predicted octanol–water partition coefficient (Wildman–Crippen LogP) is 4.56.